The molecule has 0 aliphatic rings. The maximum Gasteiger partial charge on any atom is 0.250 e. The van der Waals surface area contributed by atoms with Gasteiger partial charge in [0.05, 0.1) is 0 Å². The van der Waals surface area contributed by atoms with E-state index in [1.807, 2.05) is 74.5 Å². The van der Waals surface area contributed by atoms with Gasteiger partial charge in [-0.3, -0.25) is 10.1 Å². The summed E-state index contributed by atoms with van der Waals surface area (Å²) in [7, 11) is 0. The van der Waals surface area contributed by atoms with Gasteiger partial charge in [-0.25, -0.2) is 4.98 Å². The molecule has 0 aliphatic carbocycles. The van der Waals surface area contributed by atoms with Gasteiger partial charge >= 0.3 is 0 Å². The largest absolute Gasteiger partial charge is 0.457 e. The number of rotatable bonds is 6. The first kappa shape index (κ1) is 26.4. The number of nitrogens with zero attached hydrogens (tertiary/aromatic N) is 1. The molecule has 0 unspecified atom stereocenters. The molecule has 196 valence electrons. The molecule has 1 amide bonds. The van der Waals surface area contributed by atoms with Crippen molar-refractivity contribution in [1.82, 2.24) is 10.3 Å². The van der Waals surface area contributed by atoms with Crippen LogP contribution < -0.4 is 10.6 Å². The molecule has 2 aromatic heterocycles. The molecule has 0 atom stereocenters. The molecule has 2 N–H and O–H groups in total. The molecule has 2 heterocycles. The number of aryl methyl sites for hydroxylation is 3. The van der Waals surface area contributed by atoms with Crippen LogP contribution in [0.4, 0.5) is 5.69 Å². The van der Waals surface area contributed by atoms with Crippen LogP contribution in [0.1, 0.15) is 29.4 Å². The molecule has 0 saturated heterocycles. The van der Waals surface area contributed by atoms with E-state index in [0.717, 1.165) is 45.5 Å². The summed E-state index contributed by atoms with van der Waals surface area (Å²) in [4.78, 5) is 17.1. The Bertz CT molecular complexity index is 1730. The number of hydrogen-bond acceptors (Lipinski definition) is 5. The van der Waals surface area contributed by atoms with Gasteiger partial charge in [-0.2, -0.15) is 0 Å². The molecule has 0 radical (unpaired) electrons. The summed E-state index contributed by atoms with van der Waals surface area (Å²) in [6, 6.07) is 21.2. The lowest BCUT2D eigenvalue weighted by Crippen LogP contribution is -2.33. The molecule has 5 aromatic rings. The Labute approximate surface area is 236 Å². The monoisotopic (exact) mass is 555 g/mol. The molecular weight excluding hydrogens is 530 g/mol. The van der Waals surface area contributed by atoms with Gasteiger partial charge in [-0.05, 0) is 97.7 Å². The van der Waals surface area contributed by atoms with Crippen molar-refractivity contribution in [2.75, 3.05) is 5.32 Å². The number of oxazole rings is 1. The van der Waals surface area contributed by atoms with Crippen LogP contribution in [-0.4, -0.2) is 16.0 Å². The smallest absolute Gasteiger partial charge is 0.250 e. The molecule has 0 aliphatic heterocycles. The number of aromatic nitrogens is 1. The first-order chi connectivity index (χ1) is 18.8. The minimum atomic E-state index is -0.386. The Morgan fingerprint density at radius 2 is 1.77 bits per heavy atom. The summed E-state index contributed by atoms with van der Waals surface area (Å²) >= 11 is 11.6. The fourth-order valence-electron chi connectivity index (χ4n) is 4.01. The van der Waals surface area contributed by atoms with E-state index in [1.54, 1.807) is 12.1 Å². The third-order valence-corrected chi connectivity index (χ3v) is 6.92. The number of anilines is 1. The zero-order valence-electron chi connectivity index (χ0n) is 21.7. The summed E-state index contributed by atoms with van der Waals surface area (Å²) in [6.45, 7) is 6.00. The van der Waals surface area contributed by atoms with Gasteiger partial charge in [-0.1, -0.05) is 42.8 Å². The van der Waals surface area contributed by atoms with Crippen LogP contribution in [0.25, 0.3) is 40.0 Å². The van der Waals surface area contributed by atoms with Gasteiger partial charge in [0.15, 0.2) is 10.7 Å². The summed E-state index contributed by atoms with van der Waals surface area (Å²) in [5, 5.41) is 6.60. The van der Waals surface area contributed by atoms with E-state index < -0.39 is 0 Å². The van der Waals surface area contributed by atoms with Crippen molar-refractivity contribution >= 4 is 57.7 Å². The van der Waals surface area contributed by atoms with Crippen molar-refractivity contribution in [2.24, 2.45) is 0 Å². The predicted octanol–water partition coefficient (Wildman–Crippen LogP) is 8.11. The number of halogens is 1. The fourth-order valence-corrected chi connectivity index (χ4v) is 4.41. The zero-order chi connectivity index (χ0) is 27.5. The number of fused-ring (bicyclic) bond motifs is 1. The van der Waals surface area contributed by atoms with E-state index in [2.05, 4.69) is 22.5 Å². The van der Waals surface area contributed by atoms with Crippen LogP contribution in [-0.2, 0) is 11.2 Å². The first-order valence-corrected chi connectivity index (χ1v) is 13.2. The van der Waals surface area contributed by atoms with Crippen molar-refractivity contribution < 1.29 is 13.6 Å². The van der Waals surface area contributed by atoms with Crippen LogP contribution in [0.15, 0.2) is 81.6 Å². The molecule has 0 saturated carbocycles. The Morgan fingerprint density at radius 3 is 2.56 bits per heavy atom. The number of amides is 1. The number of furan rings is 1. The minimum Gasteiger partial charge on any atom is -0.457 e. The lowest BCUT2D eigenvalue weighted by Gasteiger charge is -2.11. The summed E-state index contributed by atoms with van der Waals surface area (Å²) in [6.07, 6.45) is 3.88. The average Bonchev–Trinajstić information content (AvgIpc) is 3.57. The second kappa shape index (κ2) is 11.3. The lowest BCUT2D eigenvalue weighted by molar-refractivity contribution is -0.115. The number of benzene rings is 3. The molecule has 6 nitrogen and oxygen atoms in total. The Balaban J connectivity index is 1.23. The number of carbonyl (C=O) groups is 1. The number of hydrogen-bond donors (Lipinski definition) is 2. The van der Waals surface area contributed by atoms with Crippen LogP contribution in [0.5, 0.6) is 0 Å². The first-order valence-electron chi connectivity index (χ1n) is 12.5. The van der Waals surface area contributed by atoms with E-state index in [9.17, 15) is 4.79 Å². The topological polar surface area (TPSA) is 80.3 Å². The third kappa shape index (κ3) is 6.11. The molecule has 0 fully saturated rings. The summed E-state index contributed by atoms with van der Waals surface area (Å²) in [5.41, 5.74) is 7.11. The average molecular weight is 556 g/mol. The lowest BCUT2D eigenvalue weighted by atomic mass is 10.1. The van der Waals surface area contributed by atoms with Crippen LogP contribution in [0.3, 0.4) is 0 Å². The van der Waals surface area contributed by atoms with Gasteiger partial charge in [-0.15, -0.1) is 0 Å². The normalized spacial score (nSPS) is 11.3. The summed E-state index contributed by atoms with van der Waals surface area (Å²) < 4.78 is 11.8. The zero-order valence-corrected chi connectivity index (χ0v) is 23.2. The van der Waals surface area contributed by atoms with Crippen LogP contribution >= 0.6 is 23.8 Å². The van der Waals surface area contributed by atoms with Gasteiger partial charge in [0.25, 0.3) is 0 Å². The van der Waals surface area contributed by atoms with Crippen molar-refractivity contribution in [3.05, 3.63) is 100 Å². The highest BCUT2D eigenvalue weighted by atomic mass is 35.5. The Hall–Kier alpha value is -4.20. The van der Waals surface area contributed by atoms with Gasteiger partial charge in [0.1, 0.15) is 17.0 Å². The van der Waals surface area contributed by atoms with E-state index >= 15 is 0 Å². The van der Waals surface area contributed by atoms with E-state index in [4.69, 9.17) is 32.7 Å². The van der Waals surface area contributed by atoms with Gasteiger partial charge in [0, 0.05) is 27.9 Å². The molecule has 8 heteroatoms. The highest BCUT2D eigenvalue weighted by molar-refractivity contribution is 7.80. The highest BCUT2D eigenvalue weighted by Crippen LogP contribution is 2.29. The number of carbonyl (C=O) groups excluding carboxylic acids is 1. The van der Waals surface area contributed by atoms with Crippen molar-refractivity contribution in [3.63, 3.8) is 0 Å². The van der Waals surface area contributed by atoms with Gasteiger partial charge in [0.2, 0.25) is 11.8 Å². The molecular formula is C31H26ClN3O3S. The van der Waals surface area contributed by atoms with E-state index in [-0.39, 0.29) is 11.0 Å². The predicted molar refractivity (Wildman–Crippen MR) is 161 cm³/mol. The maximum absolute atomic E-state index is 12.5. The third-order valence-electron chi connectivity index (χ3n) is 6.31. The molecule has 5 rings (SSSR count). The highest BCUT2D eigenvalue weighted by Gasteiger charge is 2.12. The standard InChI is InChI=1S/C31H26ClN3O3S/c1-4-20-7-12-28-26(15-20)33-30(38-28)22-9-6-19(3)25(17-22)34-31(39)35-29(36)14-11-23-10-13-27(37-23)21-8-5-18(2)24(32)16-21/h5-17H,4H2,1-3H3,(H2,34,35,36,39)/b14-11+. The van der Waals surface area contributed by atoms with Crippen molar-refractivity contribution in [3.8, 4) is 22.8 Å². The molecule has 0 bridgehead atoms. The molecule has 39 heavy (non-hydrogen) atoms. The minimum absolute atomic E-state index is 0.171. The Morgan fingerprint density at radius 1 is 0.974 bits per heavy atom. The van der Waals surface area contributed by atoms with E-state index in [0.29, 0.717) is 22.4 Å². The quantitative estimate of drug-likeness (QED) is 0.163. The van der Waals surface area contributed by atoms with Gasteiger partial charge < -0.3 is 14.2 Å². The SMILES string of the molecule is CCc1ccc2oc(-c3ccc(C)c(NC(=S)NC(=O)/C=C/c4ccc(-c5ccc(C)c(Cl)c5)o4)c3)nc2c1. The Kier molecular flexibility index (Phi) is 7.63. The van der Waals surface area contributed by atoms with Crippen LogP contribution in [0.2, 0.25) is 5.02 Å². The second-order valence-electron chi connectivity index (χ2n) is 9.15. The fraction of sp³-hybridized carbons (Fsp3) is 0.129. The van der Waals surface area contributed by atoms with Crippen molar-refractivity contribution in [1.29, 1.82) is 0 Å². The van der Waals surface area contributed by atoms with Crippen molar-refractivity contribution in [2.45, 2.75) is 27.2 Å². The van der Waals surface area contributed by atoms with Crippen LogP contribution in [0, 0.1) is 13.8 Å². The summed E-state index contributed by atoms with van der Waals surface area (Å²) in [5.74, 6) is 1.33. The van der Waals surface area contributed by atoms with E-state index in [1.165, 1.54) is 11.6 Å². The molecule has 3 aromatic carbocycles. The molecule has 0 spiro atoms. The number of nitrogens with one attached hydrogen (secondary N) is 2. The second-order valence-corrected chi connectivity index (χ2v) is 9.96. The maximum atomic E-state index is 12.5. The number of thiocarbonyl (C=S) groups is 1.